The van der Waals surface area contributed by atoms with E-state index in [1.807, 2.05) is 38.1 Å². The highest BCUT2D eigenvalue weighted by Gasteiger charge is 2.22. The number of anilines is 1. The van der Waals surface area contributed by atoms with Crippen molar-refractivity contribution in [1.82, 2.24) is 10.3 Å². The maximum Gasteiger partial charge on any atom is 0.269 e. The fourth-order valence-electron chi connectivity index (χ4n) is 4.34. The van der Waals surface area contributed by atoms with Crippen molar-refractivity contribution in [2.45, 2.75) is 32.4 Å². The average molecular weight is 501 g/mol. The summed E-state index contributed by atoms with van der Waals surface area (Å²) in [6.45, 7) is 3.97. The minimum atomic E-state index is -0.809. The number of fused-ring (bicyclic) bond motifs is 1. The van der Waals surface area contributed by atoms with Crippen LogP contribution in [0.25, 0.3) is 10.8 Å². The van der Waals surface area contributed by atoms with Gasteiger partial charge in [0.15, 0.2) is 0 Å². The number of aliphatic hydroxyl groups is 1. The fourth-order valence-corrected chi connectivity index (χ4v) is 4.34. The first-order chi connectivity index (χ1) is 17.8. The Morgan fingerprint density at radius 2 is 1.92 bits per heavy atom. The molecule has 4 rings (SSSR count). The predicted octanol–water partition coefficient (Wildman–Crippen LogP) is 4.31. The highest BCUT2D eigenvalue weighted by Crippen LogP contribution is 2.27. The Hall–Kier alpha value is -4.50. The van der Waals surface area contributed by atoms with E-state index in [9.17, 15) is 24.8 Å². The Bertz CT molecular complexity index is 1510. The minimum Gasteiger partial charge on any atom is -0.396 e. The van der Waals surface area contributed by atoms with Gasteiger partial charge in [-0.2, -0.15) is 0 Å². The number of aliphatic hydroxyl groups excluding tert-OH is 1. The van der Waals surface area contributed by atoms with Crippen molar-refractivity contribution in [1.29, 1.82) is 0 Å². The van der Waals surface area contributed by atoms with Gasteiger partial charge in [-0.1, -0.05) is 43.3 Å². The van der Waals surface area contributed by atoms with E-state index in [-0.39, 0.29) is 36.2 Å². The molecule has 9 nitrogen and oxygen atoms in total. The third kappa shape index (κ3) is 5.84. The van der Waals surface area contributed by atoms with Crippen molar-refractivity contribution in [2.24, 2.45) is 0 Å². The van der Waals surface area contributed by atoms with Gasteiger partial charge in [0.1, 0.15) is 6.04 Å². The summed E-state index contributed by atoms with van der Waals surface area (Å²) in [6, 6.07) is 18.1. The van der Waals surface area contributed by atoms with Crippen LogP contribution >= 0.6 is 0 Å². The Morgan fingerprint density at radius 1 is 1.11 bits per heavy atom. The SMILES string of the molecule is Cc1cc(C(Nc2ccc3cc[nH]c(=O)c3c2)C(=O)NCc2cccc([N+](=O)[O-])c2)ccc1[C@@H](C)CO. The lowest BCUT2D eigenvalue weighted by Gasteiger charge is -2.22. The number of nitro groups is 1. The third-order valence-corrected chi connectivity index (χ3v) is 6.37. The smallest absolute Gasteiger partial charge is 0.269 e. The second-order valence-electron chi connectivity index (χ2n) is 9.03. The van der Waals surface area contributed by atoms with E-state index in [2.05, 4.69) is 15.6 Å². The monoisotopic (exact) mass is 500 g/mol. The van der Waals surface area contributed by atoms with Gasteiger partial charge < -0.3 is 20.7 Å². The maximum atomic E-state index is 13.4. The number of carbonyl (C=O) groups excluding carboxylic acids is 1. The van der Waals surface area contributed by atoms with Crippen LogP contribution in [-0.2, 0) is 11.3 Å². The molecule has 0 aliphatic rings. The summed E-state index contributed by atoms with van der Waals surface area (Å²) in [5.74, 6) is -0.383. The Morgan fingerprint density at radius 3 is 2.65 bits per heavy atom. The number of H-pyrrole nitrogens is 1. The van der Waals surface area contributed by atoms with Gasteiger partial charge in [0, 0.05) is 48.5 Å². The molecule has 0 saturated heterocycles. The van der Waals surface area contributed by atoms with Crippen molar-refractivity contribution < 1.29 is 14.8 Å². The van der Waals surface area contributed by atoms with Gasteiger partial charge in [0.2, 0.25) is 5.91 Å². The van der Waals surface area contributed by atoms with E-state index in [4.69, 9.17) is 0 Å². The molecule has 0 aliphatic carbocycles. The normalized spacial score (nSPS) is 12.6. The van der Waals surface area contributed by atoms with Crippen LogP contribution in [0.15, 0.2) is 77.7 Å². The van der Waals surface area contributed by atoms with E-state index >= 15 is 0 Å². The van der Waals surface area contributed by atoms with Crippen LogP contribution < -0.4 is 16.2 Å². The molecule has 4 aromatic rings. The molecule has 0 saturated carbocycles. The quantitative estimate of drug-likeness (QED) is 0.200. The summed E-state index contributed by atoms with van der Waals surface area (Å²) in [4.78, 5) is 39.0. The first kappa shape index (κ1) is 25.6. The third-order valence-electron chi connectivity index (χ3n) is 6.37. The Kier molecular flexibility index (Phi) is 7.64. The number of pyridine rings is 1. The lowest BCUT2D eigenvalue weighted by atomic mass is 9.93. The molecule has 37 heavy (non-hydrogen) atoms. The zero-order chi connectivity index (χ0) is 26.5. The number of carbonyl (C=O) groups is 1. The summed E-state index contributed by atoms with van der Waals surface area (Å²) in [6.07, 6.45) is 1.58. The van der Waals surface area contributed by atoms with Crippen LogP contribution in [0, 0.1) is 17.0 Å². The van der Waals surface area contributed by atoms with Gasteiger partial charge in [-0.3, -0.25) is 19.7 Å². The molecule has 190 valence electrons. The minimum absolute atomic E-state index is 0.0111. The summed E-state index contributed by atoms with van der Waals surface area (Å²) in [7, 11) is 0. The molecule has 0 fully saturated rings. The van der Waals surface area contributed by atoms with E-state index in [1.54, 1.807) is 36.5 Å². The topological polar surface area (TPSA) is 137 Å². The van der Waals surface area contributed by atoms with E-state index in [0.29, 0.717) is 22.2 Å². The van der Waals surface area contributed by atoms with E-state index < -0.39 is 11.0 Å². The molecule has 0 aliphatic heterocycles. The summed E-state index contributed by atoms with van der Waals surface area (Å²) >= 11 is 0. The number of nitrogens with one attached hydrogen (secondary N) is 3. The van der Waals surface area contributed by atoms with Crippen LogP contribution in [-0.4, -0.2) is 27.5 Å². The zero-order valence-electron chi connectivity index (χ0n) is 20.5. The first-order valence-corrected chi connectivity index (χ1v) is 11.9. The Balaban J connectivity index is 1.65. The molecule has 0 radical (unpaired) electrons. The molecular weight excluding hydrogens is 472 g/mol. The number of non-ortho nitro benzene ring substituents is 1. The zero-order valence-corrected chi connectivity index (χ0v) is 20.5. The number of hydrogen-bond acceptors (Lipinski definition) is 6. The van der Waals surface area contributed by atoms with E-state index in [1.165, 1.54) is 12.1 Å². The number of nitro benzene ring substituents is 1. The highest BCUT2D eigenvalue weighted by atomic mass is 16.6. The molecule has 0 bridgehead atoms. The molecule has 1 amide bonds. The van der Waals surface area contributed by atoms with Crippen LogP contribution in [0.5, 0.6) is 0 Å². The van der Waals surface area contributed by atoms with Gasteiger partial charge in [0.25, 0.3) is 11.2 Å². The van der Waals surface area contributed by atoms with Crippen molar-refractivity contribution >= 4 is 28.1 Å². The fraction of sp³-hybridized carbons (Fsp3) is 0.214. The first-order valence-electron chi connectivity index (χ1n) is 11.9. The number of nitrogens with zero attached hydrogens (tertiary/aromatic N) is 1. The summed E-state index contributed by atoms with van der Waals surface area (Å²) in [5, 5.41) is 28.1. The van der Waals surface area contributed by atoms with Crippen molar-refractivity contribution in [2.75, 3.05) is 11.9 Å². The average Bonchev–Trinajstić information content (AvgIpc) is 2.90. The molecule has 4 N–H and O–H groups in total. The van der Waals surface area contributed by atoms with Crippen LogP contribution in [0.4, 0.5) is 11.4 Å². The van der Waals surface area contributed by atoms with Crippen LogP contribution in [0.1, 0.15) is 41.1 Å². The summed E-state index contributed by atoms with van der Waals surface area (Å²) < 4.78 is 0. The maximum absolute atomic E-state index is 13.4. The molecule has 3 aromatic carbocycles. The molecule has 1 unspecified atom stereocenters. The number of aromatic amines is 1. The second kappa shape index (κ2) is 11.0. The lowest BCUT2D eigenvalue weighted by Crippen LogP contribution is -2.33. The van der Waals surface area contributed by atoms with Crippen LogP contribution in [0.2, 0.25) is 0 Å². The van der Waals surface area contributed by atoms with Crippen molar-refractivity contribution in [3.63, 3.8) is 0 Å². The number of hydrogen-bond donors (Lipinski definition) is 4. The number of aromatic nitrogens is 1. The van der Waals surface area contributed by atoms with Crippen molar-refractivity contribution in [3.05, 3.63) is 116 Å². The molecule has 0 spiro atoms. The number of amides is 1. The molecule has 1 heterocycles. The number of rotatable bonds is 9. The van der Waals surface area contributed by atoms with E-state index in [0.717, 1.165) is 16.5 Å². The van der Waals surface area contributed by atoms with Gasteiger partial charge in [-0.15, -0.1) is 0 Å². The number of benzene rings is 3. The van der Waals surface area contributed by atoms with Gasteiger partial charge in [-0.25, -0.2) is 0 Å². The summed E-state index contributed by atoms with van der Waals surface area (Å²) in [5.41, 5.74) is 3.53. The standard InChI is InChI=1S/C28H28N4O5/c1-17-12-21(7-9-24(17)18(2)16-33)26(28(35)30-15-19-4-3-5-23(13-19)32(36)37)31-22-8-6-20-10-11-29-27(34)25(20)14-22/h3-14,18,26,31,33H,15-16H2,1-2H3,(H,29,34)(H,30,35)/t18-,26?/m0/s1. The molecular formula is C28H28N4O5. The molecule has 1 aromatic heterocycles. The predicted molar refractivity (Wildman–Crippen MR) is 143 cm³/mol. The van der Waals surface area contributed by atoms with Gasteiger partial charge in [0.05, 0.1) is 4.92 Å². The van der Waals surface area contributed by atoms with Crippen LogP contribution in [0.3, 0.4) is 0 Å². The lowest BCUT2D eigenvalue weighted by molar-refractivity contribution is -0.384. The largest absolute Gasteiger partial charge is 0.396 e. The Labute approximate surface area is 213 Å². The highest BCUT2D eigenvalue weighted by molar-refractivity contribution is 5.89. The molecule has 2 atom stereocenters. The van der Waals surface area contributed by atoms with Gasteiger partial charge in [-0.05, 0) is 52.8 Å². The second-order valence-corrected chi connectivity index (χ2v) is 9.03. The van der Waals surface area contributed by atoms with Crippen molar-refractivity contribution in [3.8, 4) is 0 Å². The van der Waals surface area contributed by atoms with Gasteiger partial charge >= 0.3 is 0 Å². The number of aryl methyl sites for hydroxylation is 1. The molecule has 9 heteroatoms.